The summed E-state index contributed by atoms with van der Waals surface area (Å²) in [6, 6.07) is -0.692. The van der Waals surface area contributed by atoms with Crippen molar-refractivity contribution in [2.75, 3.05) is 7.11 Å². The maximum absolute atomic E-state index is 13.7. The van der Waals surface area contributed by atoms with Gasteiger partial charge in [-0.1, -0.05) is 48.5 Å². The first-order valence-corrected chi connectivity index (χ1v) is 12.8. The zero-order chi connectivity index (χ0) is 27.1. The number of ketones is 2. The molecule has 8 heteroatoms. The molecule has 2 aliphatic heterocycles. The van der Waals surface area contributed by atoms with Gasteiger partial charge in [-0.3, -0.25) is 14.4 Å². The topological polar surface area (TPSA) is 108 Å². The van der Waals surface area contributed by atoms with Gasteiger partial charge in [0.15, 0.2) is 5.60 Å². The Hall–Kier alpha value is -1.96. The first kappa shape index (κ1) is 29.3. The van der Waals surface area contributed by atoms with Crippen LogP contribution in [0.2, 0.25) is 0 Å². The van der Waals surface area contributed by atoms with Gasteiger partial charge < -0.3 is 19.5 Å². The first-order valence-electron chi connectivity index (χ1n) is 12.8. The minimum atomic E-state index is -1.26. The van der Waals surface area contributed by atoms with Crippen LogP contribution < -0.4 is 5.32 Å². The van der Waals surface area contributed by atoms with E-state index in [1.807, 2.05) is 48.5 Å². The number of hydrogen-bond acceptors (Lipinski definition) is 7. The molecule has 200 valence electrons. The number of carbonyl (C=O) groups excluding carboxylic acids is 4. The number of alkyl carbamates (subject to hydrolysis) is 1. The molecule has 0 radical (unpaired) electrons. The summed E-state index contributed by atoms with van der Waals surface area (Å²) in [6.45, 7) is 18.6. The first-order chi connectivity index (χ1) is 15.9. The molecule has 1 amide bonds. The predicted molar refractivity (Wildman–Crippen MR) is 132 cm³/mol. The molecule has 2 heterocycles. The molecular formula is C27H45NO7. The van der Waals surface area contributed by atoms with Crippen molar-refractivity contribution >= 4 is 23.6 Å². The molecule has 0 spiro atoms. The Morgan fingerprint density at radius 2 is 1.57 bits per heavy atom. The summed E-state index contributed by atoms with van der Waals surface area (Å²) in [6.07, 6.45) is -0.732. The van der Waals surface area contributed by atoms with Gasteiger partial charge in [0.05, 0.1) is 11.6 Å². The smallest absolute Gasteiger partial charge is 0.408 e. The average molecular weight is 496 g/mol. The van der Waals surface area contributed by atoms with Gasteiger partial charge in [0.1, 0.15) is 23.6 Å². The number of methoxy groups -OCH3 is 1. The quantitative estimate of drug-likeness (QED) is 0.449. The van der Waals surface area contributed by atoms with E-state index in [2.05, 4.69) is 5.32 Å². The van der Waals surface area contributed by atoms with Gasteiger partial charge in [-0.05, 0) is 39.0 Å². The van der Waals surface area contributed by atoms with Crippen LogP contribution >= 0.6 is 0 Å². The maximum atomic E-state index is 13.7. The summed E-state index contributed by atoms with van der Waals surface area (Å²) >= 11 is 0. The highest BCUT2D eigenvalue weighted by Crippen LogP contribution is 2.46. The monoisotopic (exact) mass is 495 g/mol. The van der Waals surface area contributed by atoms with Crippen LogP contribution in [0.25, 0.3) is 0 Å². The van der Waals surface area contributed by atoms with E-state index < -0.39 is 59.1 Å². The maximum Gasteiger partial charge on any atom is 0.408 e. The van der Waals surface area contributed by atoms with Gasteiger partial charge in [-0.25, -0.2) is 4.79 Å². The Morgan fingerprint density at radius 3 is 2.06 bits per heavy atom. The summed E-state index contributed by atoms with van der Waals surface area (Å²) in [4.78, 5) is 52.8. The van der Waals surface area contributed by atoms with Crippen molar-refractivity contribution in [3.05, 3.63) is 0 Å². The molecule has 35 heavy (non-hydrogen) atoms. The van der Waals surface area contributed by atoms with Crippen LogP contribution in [0, 0.1) is 35.0 Å². The minimum absolute atomic E-state index is 0.0476. The molecule has 0 aromatic carbocycles. The van der Waals surface area contributed by atoms with Crippen molar-refractivity contribution in [3.8, 4) is 0 Å². The summed E-state index contributed by atoms with van der Waals surface area (Å²) < 4.78 is 17.5. The van der Waals surface area contributed by atoms with Gasteiger partial charge in [0, 0.05) is 30.8 Å². The van der Waals surface area contributed by atoms with Crippen LogP contribution in [0.5, 0.6) is 0 Å². The van der Waals surface area contributed by atoms with E-state index in [9.17, 15) is 19.2 Å². The fraction of sp³-hybridized carbons (Fsp3) is 0.852. The van der Waals surface area contributed by atoms with Crippen LogP contribution in [-0.2, 0) is 28.6 Å². The van der Waals surface area contributed by atoms with E-state index >= 15 is 0 Å². The number of ether oxygens (including phenoxy) is 3. The van der Waals surface area contributed by atoms with E-state index in [1.165, 1.54) is 0 Å². The Labute approximate surface area is 210 Å². The molecule has 2 saturated heterocycles. The molecule has 9 atom stereocenters. The van der Waals surface area contributed by atoms with Gasteiger partial charge in [-0.15, -0.1) is 0 Å². The molecule has 0 aromatic rings. The summed E-state index contributed by atoms with van der Waals surface area (Å²) in [7, 11) is 1.60. The number of nitrogens with one attached hydrogen (secondary N) is 1. The molecule has 0 aliphatic carbocycles. The zero-order valence-electron chi connectivity index (χ0n) is 23.3. The summed E-state index contributed by atoms with van der Waals surface area (Å²) in [5, 5.41) is 2.78. The second-order valence-electron chi connectivity index (χ2n) is 12.1. The molecule has 0 aromatic heterocycles. The number of rotatable bonds is 2. The number of amides is 1. The van der Waals surface area contributed by atoms with Crippen molar-refractivity contribution in [3.63, 3.8) is 0 Å². The van der Waals surface area contributed by atoms with E-state index in [4.69, 9.17) is 14.2 Å². The molecule has 0 unspecified atom stereocenters. The highest BCUT2D eigenvalue weighted by Gasteiger charge is 2.57. The van der Waals surface area contributed by atoms with Crippen LogP contribution in [0.4, 0.5) is 4.79 Å². The second kappa shape index (κ2) is 10.2. The summed E-state index contributed by atoms with van der Waals surface area (Å²) in [5.41, 5.74) is -2.43. The van der Waals surface area contributed by atoms with Crippen LogP contribution in [0.1, 0.15) is 82.1 Å². The van der Waals surface area contributed by atoms with Gasteiger partial charge in [0.2, 0.25) is 0 Å². The third kappa shape index (κ3) is 5.42. The number of cyclic esters (lactones) is 1. The second-order valence-corrected chi connectivity index (χ2v) is 12.1. The van der Waals surface area contributed by atoms with Crippen molar-refractivity contribution in [1.82, 2.24) is 5.32 Å². The number of fused-ring (bicyclic) bond motifs is 1. The normalized spacial score (nSPS) is 42.0. The molecule has 8 nitrogen and oxygen atoms in total. The standard InChI is InChI=1S/C27H45NO7/c1-12-18-27(10)22(28-24(32)35-27)16(4)19(29)14(2)13-26(9,33-11)21(25(6,7)8)15(3)20(30)17(5)23(31)34-18/h14-18,21-22H,12-13H2,1-11H3,(H,28,32)/t14-,15+,16+,17-,18-,21+,22-,26-,27-/m1/s1. The largest absolute Gasteiger partial charge is 0.458 e. The molecule has 2 fully saturated rings. The van der Waals surface area contributed by atoms with Crippen molar-refractivity contribution < 1.29 is 33.4 Å². The Kier molecular flexibility index (Phi) is 8.52. The predicted octanol–water partition coefficient (Wildman–Crippen LogP) is 4.33. The molecule has 2 rings (SSSR count). The van der Waals surface area contributed by atoms with Crippen LogP contribution in [0.15, 0.2) is 0 Å². The lowest BCUT2D eigenvalue weighted by Crippen LogP contribution is -2.57. The molecule has 1 N–H and O–H groups in total. The van der Waals surface area contributed by atoms with E-state index in [1.54, 1.807) is 27.9 Å². The van der Waals surface area contributed by atoms with Gasteiger partial charge in [0.25, 0.3) is 0 Å². The molecule has 0 saturated carbocycles. The van der Waals surface area contributed by atoms with E-state index in [-0.39, 0.29) is 22.9 Å². The van der Waals surface area contributed by atoms with Crippen molar-refractivity contribution in [1.29, 1.82) is 0 Å². The van der Waals surface area contributed by atoms with E-state index in [0.29, 0.717) is 12.8 Å². The SMILES string of the molecule is CC[C@H]1OC(=O)[C@H](C)C(=O)[C@H](C)[C@@H](C(C)(C)C)[C@](C)(OC)C[C@@H](C)C(=O)[C@H](C)[C@H]2NC(=O)O[C@@]21C. The highest BCUT2D eigenvalue weighted by atomic mass is 16.6. The highest BCUT2D eigenvalue weighted by molar-refractivity contribution is 6.00. The van der Waals surface area contributed by atoms with Gasteiger partial charge in [-0.2, -0.15) is 0 Å². The van der Waals surface area contributed by atoms with Crippen molar-refractivity contribution in [2.24, 2.45) is 35.0 Å². The fourth-order valence-corrected chi connectivity index (χ4v) is 6.83. The third-order valence-corrected chi connectivity index (χ3v) is 8.40. The number of carbonyl (C=O) groups is 4. The molecular weight excluding hydrogens is 450 g/mol. The zero-order valence-corrected chi connectivity index (χ0v) is 23.3. The molecule has 2 aliphatic rings. The minimum Gasteiger partial charge on any atom is -0.458 e. The molecule has 0 bridgehead atoms. The van der Waals surface area contributed by atoms with Crippen molar-refractivity contribution in [2.45, 2.75) is 105 Å². The van der Waals surface area contributed by atoms with Crippen LogP contribution in [-0.4, -0.2) is 54.1 Å². The average Bonchev–Trinajstić information content (AvgIpc) is 3.08. The van der Waals surface area contributed by atoms with Gasteiger partial charge >= 0.3 is 12.1 Å². The number of hydrogen-bond donors (Lipinski definition) is 1. The van der Waals surface area contributed by atoms with E-state index in [0.717, 1.165) is 0 Å². The Morgan fingerprint density at radius 1 is 1.00 bits per heavy atom. The van der Waals surface area contributed by atoms with Crippen LogP contribution in [0.3, 0.4) is 0 Å². The third-order valence-electron chi connectivity index (χ3n) is 8.40. The lowest BCUT2D eigenvalue weighted by atomic mass is 9.61. The Balaban J connectivity index is 2.67. The lowest BCUT2D eigenvalue weighted by molar-refractivity contribution is -0.173. The summed E-state index contributed by atoms with van der Waals surface area (Å²) in [5.74, 6) is -3.76. The number of Topliss-reactive ketones (excluding diaryl/α,β-unsaturated/α-hetero) is 2. The fourth-order valence-electron chi connectivity index (χ4n) is 6.83. The number of esters is 1. The lowest BCUT2D eigenvalue weighted by Gasteiger charge is -2.48. The Bertz CT molecular complexity index is 849.